The van der Waals surface area contributed by atoms with Gasteiger partial charge in [0.2, 0.25) is 5.91 Å². The maximum atomic E-state index is 13.9. The van der Waals surface area contributed by atoms with Crippen LogP contribution in [0.5, 0.6) is 5.75 Å². The summed E-state index contributed by atoms with van der Waals surface area (Å²) in [6.07, 6.45) is -2.06. The van der Waals surface area contributed by atoms with E-state index in [-0.39, 0.29) is 6.42 Å². The van der Waals surface area contributed by atoms with Crippen LogP contribution in [0.3, 0.4) is 0 Å². The van der Waals surface area contributed by atoms with Crippen molar-refractivity contribution in [3.63, 3.8) is 0 Å². The van der Waals surface area contributed by atoms with E-state index in [1.54, 1.807) is 65.8 Å². The summed E-state index contributed by atoms with van der Waals surface area (Å²) in [5.41, 5.74) is 2.15. The van der Waals surface area contributed by atoms with Crippen LogP contribution in [0.1, 0.15) is 91.5 Å². The quantitative estimate of drug-likeness (QED) is 0.177. The van der Waals surface area contributed by atoms with E-state index in [1.807, 2.05) is 69.3 Å². The number of carbonyl (C=O) groups is 4. The van der Waals surface area contributed by atoms with E-state index in [9.17, 15) is 19.2 Å². The first-order valence-electron chi connectivity index (χ1n) is 16.5. The van der Waals surface area contributed by atoms with Gasteiger partial charge >= 0.3 is 18.0 Å². The van der Waals surface area contributed by atoms with Crippen molar-refractivity contribution in [3.05, 3.63) is 89.5 Å². The monoisotopic (exact) mass is 672 g/mol. The smallest absolute Gasteiger partial charge is 0.408 e. The number of benzene rings is 3. The van der Waals surface area contributed by atoms with Gasteiger partial charge in [-0.2, -0.15) is 0 Å². The van der Waals surface area contributed by atoms with Gasteiger partial charge in [-0.25, -0.2) is 9.59 Å². The molecule has 1 aliphatic rings. The van der Waals surface area contributed by atoms with Crippen LogP contribution in [0, 0.1) is 0 Å². The summed E-state index contributed by atoms with van der Waals surface area (Å²) in [4.78, 5) is 53.7. The SMILES string of the molecule is CC(C)(C)OC(=O)C[C@H](NC(=O)OC1c2ccccc2-c2ccccc21)C(=O)N[C@@H](Cc1ccc(OC(C)(C)C)cc1)C(=O)OC(C)(C)C. The number of esters is 2. The number of alkyl carbamates (subject to hydrolysis) is 1. The second kappa shape index (κ2) is 14.7. The van der Waals surface area contributed by atoms with Gasteiger partial charge in [0.05, 0.1) is 6.42 Å². The van der Waals surface area contributed by atoms with Crippen LogP contribution >= 0.6 is 0 Å². The largest absolute Gasteiger partial charge is 0.488 e. The molecule has 10 heteroatoms. The van der Waals surface area contributed by atoms with Crippen molar-refractivity contribution in [3.8, 4) is 16.9 Å². The Balaban J connectivity index is 1.56. The van der Waals surface area contributed by atoms with Crippen molar-refractivity contribution in [2.45, 2.75) is 110 Å². The Bertz CT molecular complexity index is 1620. The van der Waals surface area contributed by atoms with Crippen molar-refractivity contribution in [1.29, 1.82) is 0 Å². The molecule has 10 nitrogen and oxygen atoms in total. The van der Waals surface area contributed by atoms with E-state index in [4.69, 9.17) is 18.9 Å². The molecule has 0 heterocycles. The molecule has 0 unspecified atom stereocenters. The Morgan fingerprint density at radius 2 is 1.18 bits per heavy atom. The number of ether oxygens (including phenoxy) is 4. The molecule has 49 heavy (non-hydrogen) atoms. The van der Waals surface area contributed by atoms with E-state index in [2.05, 4.69) is 10.6 Å². The fourth-order valence-electron chi connectivity index (χ4n) is 5.40. The van der Waals surface area contributed by atoms with Gasteiger partial charge in [-0.1, -0.05) is 60.7 Å². The zero-order valence-electron chi connectivity index (χ0n) is 29.8. The minimum absolute atomic E-state index is 0.0791. The normalized spacial score (nSPS) is 14.1. The molecule has 0 aromatic heterocycles. The van der Waals surface area contributed by atoms with Crippen LogP contribution in [-0.4, -0.2) is 52.8 Å². The van der Waals surface area contributed by atoms with E-state index < -0.39 is 65.4 Å². The van der Waals surface area contributed by atoms with Crippen LogP contribution in [0.2, 0.25) is 0 Å². The molecule has 1 aliphatic carbocycles. The first kappa shape index (κ1) is 37.0. The van der Waals surface area contributed by atoms with Crippen molar-refractivity contribution < 1.29 is 38.1 Å². The van der Waals surface area contributed by atoms with E-state index in [0.29, 0.717) is 5.75 Å². The third-order valence-corrected chi connectivity index (χ3v) is 7.20. The van der Waals surface area contributed by atoms with Gasteiger partial charge in [0.25, 0.3) is 0 Å². The molecule has 0 saturated heterocycles. The molecule has 3 aromatic carbocycles. The van der Waals surface area contributed by atoms with Crippen molar-refractivity contribution in [2.24, 2.45) is 0 Å². The first-order valence-corrected chi connectivity index (χ1v) is 16.5. The van der Waals surface area contributed by atoms with Gasteiger partial charge in [0.15, 0.2) is 6.10 Å². The molecule has 3 aromatic rings. The van der Waals surface area contributed by atoms with Gasteiger partial charge in [-0.05, 0) is 91.1 Å². The summed E-state index contributed by atoms with van der Waals surface area (Å²) in [6.45, 7) is 16.1. The Morgan fingerprint density at radius 1 is 0.653 bits per heavy atom. The zero-order chi connectivity index (χ0) is 36.1. The number of nitrogens with one attached hydrogen (secondary N) is 2. The van der Waals surface area contributed by atoms with Gasteiger partial charge < -0.3 is 29.6 Å². The Morgan fingerprint density at radius 3 is 1.69 bits per heavy atom. The fraction of sp³-hybridized carbons (Fsp3) is 0.436. The average molecular weight is 673 g/mol. The molecule has 2 N–H and O–H groups in total. The molecular formula is C39H48N2O8. The van der Waals surface area contributed by atoms with Gasteiger partial charge in [-0.15, -0.1) is 0 Å². The molecule has 0 aliphatic heterocycles. The lowest BCUT2D eigenvalue weighted by molar-refractivity contribution is -0.159. The molecule has 0 fully saturated rings. The molecule has 0 spiro atoms. The summed E-state index contributed by atoms with van der Waals surface area (Å²) in [7, 11) is 0. The second-order valence-corrected chi connectivity index (χ2v) is 15.1. The van der Waals surface area contributed by atoms with Gasteiger partial charge in [-0.3, -0.25) is 9.59 Å². The Hall–Kier alpha value is -4.86. The Labute approximate surface area is 288 Å². The van der Waals surface area contributed by atoms with Gasteiger partial charge in [0.1, 0.15) is 34.6 Å². The summed E-state index contributed by atoms with van der Waals surface area (Å²) >= 11 is 0. The predicted octanol–water partition coefficient (Wildman–Crippen LogP) is 6.83. The van der Waals surface area contributed by atoms with Crippen molar-refractivity contribution in [2.75, 3.05) is 0 Å². The van der Waals surface area contributed by atoms with Crippen LogP contribution < -0.4 is 15.4 Å². The topological polar surface area (TPSA) is 129 Å². The van der Waals surface area contributed by atoms with Gasteiger partial charge in [0, 0.05) is 17.5 Å². The summed E-state index contributed by atoms with van der Waals surface area (Å²) < 4.78 is 22.9. The highest BCUT2D eigenvalue weighted by molar-refractivity contribution is 5.93. The third-order valence-electron chi connectivity index (χ3n) is 7.20. The predicted molar refractivity (Wildman–Crippen MR) is 186 cm³/mol. The molecule has 0 radical (unpaired) electrons. The first-order chi connectivity index (χ1) is 22.8. The molecular weight excluding hydrogens is 624 g/mol. The molecule has 4 rings (SSSR count). The van der Waals surface area contributed by atoms with Crippen LogP contribution in [0.15, 0.2) is 72.8 Å². The molecule has 2 atom stereocenters. The number of hydrogen-bond donors (Lipinski definition) is 2. The summed E-state index contributed by atoms with van der Waals surface area (Å²) in [5.74, 6) is -1.51. The maximum Gasteiger partial charge on any atom is 0.408 e. The lowest BCUT2D eigenvalue weighted by atomic mass is 10.0. The molecule has 2 amide bonds. The van der Waals surface area contributed by atoms with Crippen LogP contribution in [-0.2, 0) is 35.0 Å². The van der Waals surface area contributed by atoms with Crippen molar-refractivity contribution in [1.82, 2.24) is 10.6 Å². The number of fused-ring (bicyclic) bond motifs is 3. The number of amides is 2. The molecule has 262 valence electrons. The Kier molecular flexibility index (Phi) is 11.1. The highest BCUT2D eigenvalue weighted by Crippen LogP contribution is 2.45. The lowest BCUT2D eigenvalue weighted by Gasteiger charge is -2.27. The minimum atomic E-state index is -1.43. The number of rotatable bonds is 10. The third kappa shape index (κ3) is 10.8. The number of carbonyl (C=O) groups excluding carboxylic acids is 4. The highest BCUT2D eigenvalue weighted by Gasteiger charge is 2.35. The number of hydrogen-bond acceptors (Lipinski definition) is 8. The maximum absolute atomic E-state index is 13.9. The summed E-state index contributed by atoms with van der Waals surface area (Å²) in [6, 6.07) is 19.8. The summed E-state index contributed by atoms with van der Waals surface area (Å²) in [5, 5.41) is 5.28. The lowest BCUT2D eigenvalue weighted by Crippen LogP contribution is -2.54. The molecule has 0 bridgehead atoms. The second-order valence-electron chi connectivity index (χ2n) is 15.1. The standard InChI is InChI=1S/C39H48N2O8/c1-37(2,3)47-25-20-18-24(19-21-25)22-31(35(44)49-39(7,8)9)40-34(43)30(23-32(42)48-38(4,5)6)41-36(45)46-33-28-16-12-10-14-26(28)27-15-11-13-17-29(27)33/h10-21,30-31,33H,22-23H2,1-9H3,(H,40,43)(H,41,45)/t30-,31-/m0/s1. The average Bonchev–Trinajstić information content (AvgIpc) is 3.28. The van der Waals surface area contributed by atoms with E-state index >= 15 is 0 Å². The van der Waals surface area contributed by atoms with Crippen LogP contribution in [0.25, 0.3) is 11.1 Å². The van der Waals surface area contributed by atoms with E-state index in [0.717, 1.165) is 27.8 Å². The zero-order valence-corrected chi connectivity index (χ0v) is 29.8. The highest BCUT2D eigenvalue weighted by atomic mass is 16.6. The fourth-order valence-corrected chi connectivity index (χ4v) is 5.40. The van der Waals surface area contributed by atoms with Crippen LogP contribution in [0.4, 0.5) is 4.79 Å². The van der Waals surface area contributed by atoms with E-state index in [1.165, 1.54) is 0 Å². The van der Waals surface area contributed by atoms with Crippen molar-refractivity contribution >= 4 is 23.9 Å². The minimum Gasteiger partial charge on any atom is -0.488 e. The molecule has 0 saturated carbocycles.